The predicted molar refractivity (Wildman–Crippen MR) is 111 cm³/mol. The fraction of sp³-hybridized carbons (Fsp3) is 0.476. The maximum absolute atomic E-state index is 12.9. The van der Waals surface area contributed by atoms with Gasteiger partial charge in [0.05, 0.1) is 10.6 Å². The molecule has 11 nitrogen and oxygen atoms in total. The van der Waals surface area contributed by atoms with Crippen molar-refractivity contribution in [1.82, 2.24) is 5.32 Å². The highest BCUT2D eigenvalue weighted by Gasteiger charge is 2.52. The summed E-state index contributed by atoms with van der Waals surface area (Å²) in [6.45, 7) is 4.08. The van der Waals surface area contributed by atoms with Crippen LogP contribution in [0.25, 0.3) is 0 Å². The molecule has 1 heterocycles. The molecule has 5 atom stereocenters. The first-order chi connectivity index (χ1) is 15.5. The standard InChI is InChI=1S/C21H24ClNO10/c1-10(24)29-9-16-18(30-11(2)25)19(31-12(3)26)17(21(33-16)32-13(4)27)23-20(28)14-7-5-6-8-15(14)22/h5-8,16-19,21H,9H2,1-4H3,(H,23,28)/t16-,17+,18+,19+,21-/m0/s1. The molecule has 1 N–H and O–H groups in total. The number of hydrogen-bond donors (Lipinski definition) is 1. The predicted octanol–water partition coefficient (Wildman–Crippen LogP) is 1.15. The summed E-state index contributed by atoms with van der Waals surface area (Å²) in [6, 6.07) is 4.86. The van der Waals surface area contributed by atoms with Gasteiger partial charge in [-0.25, -0.2) is 0 Å². The van der Waals surface area contributed by atoms with Gasteiger partial charge in [0.25, 0.3) is 5.91 Å². The van der Waals surface area contributed by atoms with E-state index in [1.54, 1.807) is 12.1 Å². The molecular formula is C21H24ClNO10. The normalized spacial score (nSPS) is 24.2. The Morgan fingerprint density at radius 2 is 1.45 bits per heavy atom. The molecule has 1 aromatic rings. The van der Waals surface area contributed by atoms with Crippen molar-refractivity contribution in [2.45, 2.75) is 58.3 Å². The molecule has 0 saturated carbocycles. The lowest BCUT2D eigenvalue weighted by Gasteiger charge is -2.44. The third-order valence-electron chi connectivity index (χ3n) is 4.40. The molecule has 12 heteroatoms. The monoisotopic (exact) mass is 485 g/mol. The summed E-state index contributed by atoms with van der Waals surface area (Å²) in [7, 11) is 0. The number of nitrogens with one attached hydrogen (secondary N) is 1. The fourth-order valence-corrected chi connectivity index (χ4v) is 3.42. The van der Waals surface area contributed by atoms with Crippen molar-refractivity contribution in [3.8, 4) is 0 Å². The van der Waals surface area contributed by atoms with Crippen LogP contribution in [0.15, 0.2) is 24.3 Å². The van der Waals surface area contributed by atoms with Gasteiger partial charge in [-0.05, 0) is 12.1 Å². The largest absolute Gasteiger partial charge is 0.463 e. The van der Waals surface area contributed by atoms with Gasteiger partial charge in [0.2, 0.25) is 6.29 Å². The van der Waals surface area contributed by atoms with Gasteiger partial charge in [-0.15, -0.1) is 0 Å². The Labute approximate surface area is 194 Å². The number of halogens is 1. The average molecular weight is 486 g/mol. The van der Waals surface area contributed by atoms with E-state index in [0.717, 1.165) is 27.7 Å². The number of amides is 1. The number of ether oxygens (including phenoxy) is 5. The highest BCUT2D eigenvalue weighted by Crippen LogP contribution is 2.28. The first kappa shape index (κ1) is 26.1. The SMILES string of the molecule is CC(=O)OC[C@@H]1O[C@H](OC(C)=O)[C@H](NC(=O)c2ccccc2Cl)[C@@H](OC(C)=O)[C@@H]1OC(C)=O. The highest BCUT2D eigenvalue weighted by molar-refractivity contribution is 6.33. The van der Waals surface area contributed by atoms with E-state index < -0.39 is 67.0 Å². The third-order valence-corrected chi connectivity index (χ3v) is 4.73. The molecule has 0 unspecified atom stereocenters. The molecule has 1 amide bonds. The molecule has 2 rings (SSSR count). The van der Waals surface area contributed by atoms with E-state index in [2.05, 4.69) is 5.32 Å². The van der Waals surface area contributed by atoms with Crippen LogP contribution in [-0.2, 0) is 42.9 Å². The van der Waals surface area contributed by atoms with Crippen molar-refractivity contribution >= 4 is 41.4 Å². The van der Waals surface area contributed by atoms with E-state index in [-0.39, 0.29) is 10.6 Å². The molecule has 1 aliphatic rings. The first-order valence-electron chi connectivity index (χ1n) is 9.85. The van der Waals surface area contributed by atoms with E-state index in [9.17, 15) is 24.0 Å². The van der Waals surface area contributed by atoms with Crippen LogP contribution in [0.5, 0.6) is 0 Å². The van der Waals surface area contributed by atoms with Gasteiger partial charge in [0, 0.05) is 27.7 Å². The number of esters is 4. The number of carbonyl (C=O) groups is 5. The minimum Gasteiger partial charge on any atom is -0.463 e. The van der Waals surface area contributed by atoms with E-state index in [1.807, 2.05) is 0 Å². The lowest BCUT2D eigenvalue weighted by molar-refractivity contribution is -0.270. The van der Waals surface area contributed by atoms with Crippen LogP contribution in [0, 0.1) is 0 Å². The van der Waals surface area contributed by atoms with Crippen molar-refractivity contribution in [2.24, 2.45) is 0 Å². The molecule has 0 bridgehead atoms. The van der Waals surface area contributed by atoms with E-state index >= 15 is 0 Å². The van der Waals surface area contributed by atoms with Gasteiger partial charge >= 0.3 is 23.9 Å². The summed E-state index contributed by atoms with van der Waals surface area (Å²) >= 11 is 6.09. The Kier molecular flexibility index (Phi) is 9.18. The zero-order chi connectivity index (χ0) is 24.7. The second kappa shape index (κ2) is 11.6. The van der Waals surface area contributed by atoms with E-state index in [4.69, 9.17) is 35.3 Å². The molecule has 33 heavy (non-hydrogen) atoms. The minimum absolute atomic E-state index is 0.0911. The number of carbonyl (C=O) groups excluding carboxylic acids is 5. The quantitative estimate of drug-likeness (QED) is 0.441. The molecule has 0 aliphatic carbocycles. The van der Waals surface area contributed by atoms with Gasteiger partial charge in [-0.3, -0.25) is 24.0 Å². The molecule has 1 saturated heterocycles. The summed E-state index contributed by atoms with van der Waals surface area (Å²) < 4.78 is 26.5. The van der Waals surface area contributed by atoms with Crippen LogP contribution < -0.4 is 5.32 Å². The smallest absolute Gasteiger partial charge is 0.305 e. The molecule has 180 valence electrons. The van der Waals surface area contributed by atoms with Crippen LogP contribution in [0.3, 0.4) is 0 Å². The van der Waals surface area contributed by atoms with E-state index in [0.29, 0.717) is 0 Å². The summed E-state index contributed by atoms with van der Waals surface area (Å²) in [5.74, 6) is -3.64. The zero-order valence-electron chi connectivity index (χ0n) is 18.4. The first-order valence-corrected chi connectivity index (χ1v) is 10.2. The molecule has 0 spiro atoms. The molecular weight excluding hydrogens is 462 g/mol. The van der Waals surface area contributed by atoms with Crippen molar-refractivity contribution in [1.29, 1.82) is 0 Å². The van der Waals surface area contributed by atoms with Crippen molar-refractivity contribution in [2.75, 3.05) is 6.61 Å². The minimum atomic E-state index is -1.48. The zero-order valence-corrected chi connectivity index (χ0v) is 19.1. The third kappa shape index (κ3) is 7.43. The molecule has 0 aromatic heterocycles. The van der Waals surface area contributed by atoms with Crippen molar-refractivity contribution in [3.63, 3.8) is 0 Å². The summed E-state index contributed by atoms with van der Waals surface area (Å²) in [5, 5.41) is 2.72. The van der Waals surface area contributed by atoms with Gasteiger partial charge in [-0.1, -0.05) is 23.7 Å². The Morgan fingerprint density at radius 1 is 0.879 bits per heavy atom. The Hall–Kier alpha value is -3.18. The Balaban J connectivity index is 2.47. The van der Waals surface area contributed by atoms with Crippen molar-refractivity contribution < 1.29 is 47.7 Å². The Morgan fingerprint density at radius 3 is 2.00 bits per heavy atom. The summed E-state index contributed by atoms with van der Waals surface area (Å²) in [6.07, 6.45) is -5.34. The molecule has 0 radical (unpaired) electrons. The fourth-order valence-electron chi connectivity index (χ4n) is 3.19. The number of benzene rings is 1. The van der Waals surface area contributed by atoms with Crippen LogP contribution in [0.4, 0.5) is 0 Å². The van der Waals surface area contributed by atoms with Gasteiger partial charge in [0.1, 0.15) is 18.8 Å². The van der Waals surface area contributed by atoms with Crippen LogP contribution in [-0.4, -0.2) is 67.0 Å². The summed E-state index contributed by atoms with van der Waals surface area (Å²) in [4.78, 5) is 59.6. The maximum Gasteiger partial charge on any atom is 0.305 e. The second-order valence-electron chi connectivity index (χ2n) is 7.08. The van der Waals surface area contributed by atoms with Crippen molar-refractivity contribution in [3.05, 3.63) is 34.9 Å². The van der Waals surface area contributed by atoms with Crippen LogP contribution >= 0.6 is 11.6 Å². The van der Waals surface area contributed by atoms with Gasteiger partial charge in [-0.2, -0.15) is 0 Å². The molecule has 1 aliphatic heterocycles. The Bertz CT molecular complexity index is 920. The van der Waals surface area contributed by atoms with Gasteiger partial charge < -0.3 is 29.0 Å². The van der Waals surface area contributed by atoms with Crippen LogP contribution in [0.1, 0.15) is 38.1 Å². The molecule has 1 aromatic carbocycles. The second-order valence-corrected chi connectivity index (χ2v) is 7.49. The molecule has 1 fully saturated rings. The number of hydrogen-bond acceptors (Lipinski definition) is 10. The summed E-state index contributed by atoms with van der Waals surface area (Å²) in [5.41, 5.74) is 0.0911. The van der Waals surface area contributed by atoms with Gasteiger partial charge in [0.15, 0.2) is 12.2 Å². The maximum atomic E-state index is 12.9. The number of rotatable bonds is 7. The lowest BCUT2D eigenvalue weighted by Crippen LogP contribution is -2.67. The average Bonchev–Trinajstić information content (AvgIpc) is 2.70. The lowest BCUT2D eigenvalue weighted by atomic mass is 9.95. The van der Waals surface area contributed by atoms with Crippen LogP contribution in [0.2, 0.25) is 5.02 Å². The highest BCUT2D eigenvalue weighted by atomic mass is 35.5. The topological polar surface area (TPSA) is 144 Å². The van der Waals surface area contributed by atoms with E-state index in [1.165, 1.54) is 12.1 Å².